The lowest BCUT2D eigenvalue weighted by atomic mass is 10.0. The molecule has 0 N–H and O–H groups in total. The molecule has 2 unspecified atom stereocenters. The highest BCUT2D eigenvalue weighted by molar-refractivity contribution is 7.86. The molecule has 0 spiro atoms. The lowest BCUT2D eigenvalue weighted by Crippen LogP contribution is -2.60. The van der Waals surface area contributed by atoms with Gasteiger partial charge < -0.3 is 9.64 Å². The van der Waals surface area contributed by atoms with Crippen LogP contribution in [0.15, 0.2) is 18.3 Å². The van der Waals surface area contributed by atoms with Crippen molar-refractivity contribution >= 4 is 15.8 Å². The molecule has 2 heterocycles. The van der Waals surface area contributed by atoms with Crippen LogP contribution in [-0.4, -0.2) is 45.5 Å². The van der Waals surface area contributed by atoms with Crippen LogP contribution in [0.5, 0.6) is 5.88 Å². The summed E-state index contributed by atoms with van der Waals surface area (Å²) in [6, 6.07) is 3.67. The van der Waals surface area contributed by atoms with Crippen molar-refractivity contribution in [2.75, 3.05) is 24.8 Å². The first-order valence-corrected chi connectivity index (χ1v) is 7.37. The SMILES string of the molecule is COc1ccc(N2CC(OS(C)(=O)=O)C2C)cn1. The van der Waals surface area contributed by atoms with Crippen LogP contribution in [0, 0.1) is 0 Å². The van der Waals surface area contributed by atoms with Crippen molar-refractivity contribution in [3.63, 3.8) is 0 Å². The number of aromatic nitrogens is 1. The second-order valence-electron chi connectivity index (χ2n) is 4.29. The van der Waals surface area contributed by atoms with E-state index in [0.29, 0.717) is 12.4 Å². The Bertz CT molecular complexity index is 514. The highest BCUT2D eigenvalue weighted by Crippen LogP contribution is 2.29. The number of pyridine rings is 1. The molecule has 0 bridgehead atoms. The second-order valence-corrected chi connectivity index (χ2v) is 5.89. The Labute approximate surface area is 107 Å². The summed E-state index contributed by atoms with van der Waals surface area (Å²) < 4.78 is 32.0. The molecule has 1 aromatic heterocycles. The van der Waals surface area contributed by atoms with E-state index in [1.165, 1.54) is 0 Å². The van der Waals surface area contributed by atoms with Crippen LogP contribution >= 0.6 is 0 Å². The zero-order chi connectivity index (χ0) is 13.3. The van der Waals surface area contributed by atoms with Gasteiger partial charge >= 0.3 is 0 Å². The first-order valence-electron chi connectivity index (χ1n) is 5.55. The van der Waals surface area contributed by atoms with E-state index in [1.54, 1.807) is 19.4 Å². The molecular weight excluding hydrogens is 256 g/mol. The van der Waals surface area contributed by atoms with Crippen LogP contribution < -0.4 is 9.64 Å². The van der Waals surface area contributed by atoms with Crippen LogP contribution in [-0.2, 0) is 14.3 Å². The summed E-state index contributed by atoms with van der Waals surface area (Å²) >= 11 is 0. The van der Waals surface area contributed by atoms with Gasteiger partial charge in [0.15, 0.2) is 0 Å². The first kappa shape index (κ1) is 13.1. The third-order valence-electron chi connectivity index (χ3n) is 2.97. The van der Waals surface area contributed by atoms with Crippen LogP contribution in [0.3, 0.4) is 0 Å². The standard InChI is InChI=1S/C11H16N2O4S/c1-8-10(17-18(3,14)15)7-13(8)9-4-5-11(16-2)12-6-9/h4-6,8,10H,7H2,1-3H3. The van der Waals surface area contributed by atoms with Crippen molar-refractivity contribution in [3.8, 4) is 5.88 Å². The van der Waals surface area contributed by atoms with Gasteiger partial charge in [-0.2, -0.15) is 8.42 Å². The van der Waals surface area contributed by atoms with E-state index >= 15 is 0 Å². The fourth-order valence-electron chi connectivity index (χ4n) is 1.91. The zero-order valence-corrected chi connectivity index (χ0v) is 11.3. The van der Waals surface area contributed by atoms with Crippen molar-refractivity contribution < 1.29 is 17.3 Å². The fourth-order valence-corrected chi connectivity index (χ4v) is 2.59. The summed E-state index contributed by atoms with van der Waals surface area (Å²) in [5.74, 6) is 0.552. The summed E-state index contributed by atoms with van der Waals surface area (Å²) in [6.45, 7) is 2.46. The predicted molar refractivity (Wildman–Crippen MR) is 67.3 cm³/mol. The third kappa shape index (κ3) is 2.73. The number of ether oxygens (including phenoxy) is 1. The van der Waals surface area contributed by atoms with E-state index in [1.807, 2.05) is 17.9 Å². The molecule has 0 radical (unpaired) electrons. The van der Waals surface area contributed by atoms with Gasteiger partial charge in [0.2, 0.25) is 5.88 Å². The van der Waals surface area contributed by atoms with Gasteiger partial charge in [-0.1, -0.05) is 0 Å². The average Bonchev–Trinajstić information content (AvgIpc) is 2.33. The Morgan fingerprint density at radius 2 is 2.17 bits per heavy atom. The lowest BCUT2D eigenvalue weighted by molar-refractivity contribution is 0.132. The van der Waals surface area contributed by atoms with Gasteiger partial charge in [0.1, 0.15) is 6.10 Å². The molecule has 0 amide bonds. The Morgan fingerprint density at radius 3 is 2.61 bits per heavy atom. The van der Waals surface area contributed by atoms with Crippen molar-refractivity contribution in [2.24, 2.45) is 0 Å². The maximum absolute atomic E-state index is 11.0. The number of methoxy groups -OCH3 is 1. The molecule has 1 fully saturated rings. The Kier molecular flexibility index (Phi) is 3.45. The summed E-state index contributed by atoms with van der Waals surface area (Å²) in [5, 5.41) is 0. The van der Waals surface area contributed by atoms with Crippen LogP contribution in [0.1, 0.15) is 6.92 Å². The van der Waals surface area contributed by atoms with E-state index in [4.69, 9.17) is 8.92 Å². The Hall–Kier alpha value is -1.34. The van der Waals surface area contributed by atoms with Gasteiger partial charge in [0.05, 0.1) is 31.3 Å². The molecule has 0 aromatic carbocycles. The molecule has 1 aliphatic rings. The summed E-state index contributed by atoms with van der Waals surface area (Å²) in [5.41, 5.74) is 0.927. The van der Waals surface area contributed by atoms with Crippen molar-refractivity contribution in [3.05, 3.63) is 18.3 Å². The maximum Gasteiger partial charge on any atom is 0.264 e. The minimum atomic E-state index is -3.40. The predicted octanol–water partition coefficient (Wildman–Crippen LogP) is 0.643. The topological polar surface area (TPSA) is 68.7 Å². The number of hydrogen-bond acceptors (Lipinski definition) is 6. The zero-order valence-electron chi connectivity index (χ0n) is 10.5. The normalized spacial score (nSPS) is 23.6. The molecular formula is C11H16N2O4S. The molecule has 7 heteroatoms. The summed E-state index contributed by atoms with van der Waals surface area (Å²) in [4.78, 5) is 6.14. The Morgan fingerprint density at radius 1 is 1.44 bits per heavy atom. The smallest absolute Gasteiger partial charge is 0.264 e. The molecule has 0 saturated carbocycles. The minimum Gasteiger partial charge on any atom is -0.481 e. The van der Waals surface area contributed by atoms with Gasteiger partial charge in [-0.25, -0.2) is 4.98 Å². The molecule has 18 heavy (non-hydrogen) atoms. The van der Waals surface area contributed by atoms with Crippen LogP contribution in [0.4, 0.5) is 5.69 Å². The fraction of sp³-hybridized carbons (Fsp3) is 0.545. The average molecular weight is 272 g/mol. The maximum atomic E-state index is 11.0. The molecule has 1 aliphatic heterocycles. The van der Waals surface area contributed by atoms with Crippen molar-refractivity contribution in [1.82, 2.24) is 4.98 Å². The summed E-state index contributed by atoms with van der Waals surface area (Å²) in [7, 11) is -1.84. The van der Waals surface area contributed by atoms with Gasteiger partial charge in [-0.05, 0) is 13.0 Å². The van der Waals surface area contributed by atoms with Gasteiger partial charge in [-0.15, -0.1) is 0 Å². The van der Waals surface area contributed by atoms with Crippen LogP contribution in [0.25, 0.3) is 0 Å². The van der Waals surface area contributed by atoms with Gasteiger partial charge in [0, 0.05) is 12.6 Å². The van der Waals surface area contributed by atoms with E-state index in [2.05, 4.69) is 4.98 Å². The molecule has 0 aliphatic carbocycles. The number of rotatable bonds is 4. The molecule has 2 rings (SSSR count). The van der Waals surface area contributed by atoms with E-state index < -0.39 is 10.1 Å². The molecule has 1 aromatic rings. The highest BCUT2D eigenvalue weighted by atomic mass is 32.2. The third-order valence-corrected chi connectivity index (χ3v) is 3.56. The quantitative estimate of drug-likeness (QED) is 0.749. The van der Waals surface area contributed by atoms with Gasteiger partial charge in [-0.3, -0.25) is 4.18 Å². The molecule has 1 saturated heterocycles. The number of nitrogens with zero attached hydrogens (tertiary/aromatic N) is 2. The lowest BCUT2D eigenvalue weighted by Gasteiger charge is -2.46. The van der Waals surface area contributed by atoms with Gasteiger partial charge in [0.25, 0.3) is 10.1 Å². The highest BCUT2D eigenvalue weighted by Gasteiger charge is 2.38. The molecule has 6 nitrogen and oxygen atoms in total. The summed E-state index contributed by atoms with van der Waals surface area (Å²) in [6.07, 6.45) is 2.48. The minimum absolute atomic E-state index is 0.00919. The van der Waals surface area contributed by atoms with Crippen LogP contribution in [0.2, 0.25) is 0 Å². The second kappa shape index (κ2) is 4.74. The largest absolute Gasteiger partial charge is 0.481 e. The number of hydrogen-bond donors (Lipinski definition) is 0. The number of anilines is 1. The van der Waals surface area contributed by atoms with Crippen molar-refractivity contribution in [2.45, 2.75) is 19.1 Å². The van der Waals surface area contributed by atoms with E-state index in [-0.39, 0.29) is 12.1 Å². The first-order chi connectivity index (χ1) is 8.40. The monoisotopic (exact) mass is 272 g/mol. The molecule has 2 atom stereocenters. The van der Waals surface area contributed by atoms with Crippen molar-refractivity contribution in [1.29, 1.82) is 0 Å². The Balaban J connectivity index is 2.01. The van der Waals surface area contributed by atoms with E-state index in [9.17, 15) is 8.42 Å². The van der Waals surface area contributed by atoms with E-state index in [0.717, 1.165) is 11.9 Å². The molecule has 100 valence electrons.